The molecular weight excluding hydrogens is 168 g/mol. The van der Waals surface area contributed by atoms with Crippen LogP contribution < -0.4 is 5.73 Å². The highest BCUT2D eigenvalue weighted by Crippen LogP contribution is 2.16. The van der Waals surface area contributed by atoms with Crippen molar-refractivity contribution < 1.29 is 9.90 Å². The third kappa shape index (κ3) is 2.42. The molecule has 1 rings (SSSR count). The summed E-state index contributed by atoms with van der Waals surface area (Å²) in [4.78, 5) is 13.2. The molecule has 76 valence electrons. The third-order valence-electron chi connectivity index (χ3n) is 2.56. The van der Waals surface area contributed by atoms with Gasteiger partial charge in [0.25, 0.3) is 0 Å². The predicted molar refractivity (Wildman–Crippen MR) is 50.0 cm³/mol. The number of amides is 1. The number of aliphatic hydroxyl groups excluding tert-OH is 1. The lowest BCUT2D eigenvalue weighted by Crippen LogP contribution is -2.49. The van der Waals surface area contributed by atoms with Gasteiger partial charge in [-0.25, -0.2) is 0 Å². The molecule has 1 aliphatic rings. The molecule has 1 aliphatic heterocycles. The minimum Gasteiger partial charge on any atom is -0.393 e. The Morgan fingerprint density at radius 2 is 2.31 bits per heavy atom. The van der Waals surface area contributed by atoms with Crippen LogP contribution in [0.2, 0.25) is 0 Å². The van der Waals surface area contributed by atoms with Gasteiger partial charge >= 0.3 is 0 Å². The molecule has 0 spiro atoms. The van der Waals surface area contributed by atoms with Gasteiger partial charge < -0.3 is 15.7 Å². The van der Waals surface area contributed by atoms with Crippen molar-refractivity contribution in [2.75, 3.05) is 13.1 Å². The van der Waals surface area contributed by atoms with Crippen LogP contribution in [0.1, 0.15) is 20.3 Å². The summed E-state index contributed by atoms with van der Waals surface area (Å²) < 4.78 is 0. The number of nitrogens with two attached hydrogens (primary N) is 1. The van der Waals surface area contributed by atoms with Gasteiger partial charge in [0, 0.05) is 13.1 Å². The van der Waals surface area contributed by atoms with E-state index in [0.29, 0.717) is 19.5 Å². The molecule has 4 heteroatoms. The van der Waals surface area contributed by atoms with Crippen LogP contribution >= 0.6 is 0 Å². The Bertz CT molecular complexity index is 194. The molecule has 4 nitrogen and oxygen atoms in total. The summed E-state index contributed by atoms with van der Waals surface area (Å²) in [5.41, 5.74) is 5.49. The molecule has 0 aromatic heterocycles. The fourth-order valence-electron chi connectivity index (χ4n) is 1.62. The number of hydrogen-bond donors (Lipinski definition) is 2. The van der Waals surface area contributed by atoms with E-state index in [4.69, 9.17) is 5.73 Å². The number of carbonyl (C=O) groups is 1. The third-order valence-corrected chi connectivity index (χ3v) is 2.56. The minimum absolute atomic E-state index is 0.0150. The Labute approximate surface area is 78.7 Å². The van der Waals surface area contributed by atoms with Gasteiger partial charge in [0.05, 0.1) is 12.1 Å². The molecule has 0 aromatic carbocycles. The lowest BCUT2D eigenvalue weighted by molar-refractivity contribution is -0.135. The monoisotopic (exact) mass is 186 g/mol. The Hall–Kier alpha value is -0.610. The standard InChI is InChI=1S/C9H18N2O2/c1-6-5-11(4-3-8(6)12)9(13)7(2)10/h6-8,12H,3-5,10H2,1-2H3/t6?,7-,8?/m1/s1. The number of likely N-dealkylation sites (tertiary alicyclic amines) is 1. The van der Waals surface area contributed by atoms with Crippen molar-refractivity contribution in [1.29, 1.82) is 0 Å². The van der Waals surface area contributed by atoms with Crippen molar-refractivity contribution in [2.45, 2.75) is 32.4 Å². The van der Waals surface area contributed by atoms with Crippen LogP contribution in [0, 0.1) is 5.92 Å². The normalized spacial score (nSPS) is 31.5. The molecule has 3 atom stereocenters. The van der Waals surface area contributed by atoms with Gasteiger partial charge in [-0.2, -0.15) is 0 Å². The van der Waals surface area contributed by atoms with Crippen LogP contribution in [0.25, 0.3) is 0 Å². The second kappa shape index (κ2) is 4.07. The molecule has 2 unspecified atom stereocenters. The van der Waals surface area contributed by atoms with Gasteiger partial charge in [-0.3, -0.25) is 4.79 Å². The summed E-state index contributed by atoms with van der Waals surface area (Å²) in [6.07, 6.45) is 0.400. The van der Waals surface area contributed by atoms with E-state index >= 15 is 0 Å². The molecule has 1 fully saturated rings. The van der Waals surface area contributed by atoms with E-state index in [0.717, 1.165) is 0 Å². The Balaban J connectivity index is 2.50. The van der Waals surface area contributed by atoms with Gasteiger partial charge in [-0.15, -0.1) is 0 Å². The molecule has 0 bridgehead atoms. The smallest absolute Gasteiger partial charge is 0.239 e. The topological polar surface area (TPSA) is 66.6 Å². The van der Waals surface area contributed by atoms with Crippen molar-refractivity contribution in [3.63, 3.8) is 0 Å². The van der Waals surface area contributed by atoms with E-state index in [9.17, 15) is 9.90 Å². The number of hydrogen-bond acceptors (Lipinski definition) is 3. The zero-order valence-electron chi connectivity index (χ0n) is 8.23. The summed E-state index contributed by atoms with van der Waals surface area (Å²) in [6.45, 7) is 4.90. The number of rotatable bonds is 1. The van der Waals surface area contributed by atoms with Gasteiger partial charge in [-0.05, 0) is 19.3 Å². The molecule has 3 N–H and O–H groups in total. The summed E-state index contributed by atoms with van der Waals surface area (Å²) in [5.74, 6) is 0.148. The van der Waals surface area contributed by atoms with E-state index in [1.807, 2.05) is 6.92 Å². The van der Waals surface area contributed by atoms with Crippen LogP contribution in [-0.2, 0) is 4.79 Å². The summed E-state index contributed by atoms with van der Waals surface area (Å²) in [7, 11) is 0. The van der Waals surface area contributed by atoms with E-state index in [1.165, 1.54) is 0 Å². The van der Waals surface area contributed by atoms with E-state index in [2.05, 4.69) is 0 Å². The molecule has 1 amide bonds. The first-order valence-corrected chi connectivity index (χ1v) is 4.74. The van der Waals surface area contributed by atoms with Crippen molar-refractivity contribution >= 4 is 5.91 Å². The Morgan fingerprint density at radius 3 is 2.77 bits per heavy atom. The number of carbonyl (C=O) groups excluding carboxylic acids is 1. The van der Waals surface area contributed by atoms with Gasteiger partial charge in [0.15, 0.2) is 0 Å². The maximum Gasteiger partial charge on any atom is 0.239 e. The Morgan fingerprint density at radius 1 is 1.69 bits per heavy atom. The fourth-order valence-corrected chi connectivity index (χ4v) is 1.62. The lowest BCUT2D eigenvalue weighted by Gasteiger charge is -2.35. The maximum absolute atomic E-state index is 11.5. The molecule has 13 heavy (non-hydrogen) atoms. The highest BCUT2D eigenvalue weighted by molar-refractivity contribution is 5.81. The van der Waals surface area contributed by atoms with Crippen LogP contribution in [0.3, 0.4) is 0 Å². The molecular formula is C9H18N2O2. The lowest BCUT2D eigenvalue weighted by atomic mass is 9.96. The molecule has 0 radical (unpaired) electrons. The van der Waals surface area contributed by atoms with E-state index in [-0.39, 0.29) is 17.9 Å². The first kappa shape index (κ1) is 10.5. The molecule has 0 saturated carbocycles. The Kier molecular flexibility index (Phi) is 3.27. The maximum atomic E-state index is 11.5. The zero-order chi connectivity index (χ0) is 10.0. The van der Waals surface area contributed by atoms with Crippen LogP contribution in [0.15, 0.2) is 0 Å². The first-order chi connectivity index (χ1) is 6.02. The van der Waals surface area contributed by atoms with Gasteiger partial charge in [0.2, 0.25) is 5.91 Å². The van der Waals surface area contributed by atoms with Crippen LogP contribution in [-0.4, -0.2) is 41.1 Å². The number of aliphatic hydroxyl groups is 1. The van der Waals surface area contributed by atoms with Crippen LogP contribution in [0.4, 0.5) is 0 Å². The summed E-state index contributed by atoms with van der Waals surface area (Å²) >= 11 is 0. The van der Waals surface area contributed by atoms with Crippen molar-refractivity contribution in [1.82, 2.24) is 4.90 Å². The molecule has 1 heterocycles. The van der Waals surface area contributed by atoms with E-state index < -0.39 is 6.04 Å². The fraction of sp³-hybridized carbons (Fsp3) is 0.889. The minimum atomic E-state index is -0.428. The largest absolute Gasteiger partial charge is 0.393 e. The van der Waals surface area contributed by atoms with Crippen molar-refractivity contribution in [3.8, 4) is 0 Å². The number of piperidine rings is 1. The molecule has 0 aromatic rings. The van der Waals surface area contributed by atoms with Crippen molar-refractivity contribution in [3.05, 3.63) is 0 Å². The SMILES string of the molecule is CC1CN(C(=O)[C@@H](C)N)CCC1O. The summed E-state index contributed by atoms with van der Waals surface area (Å²) in [5, 5.41) is 9.45. The van der Waals surface area contributed by atoms with E-state index in [1.54, 1.807) is 11.8 Å². The average Bonchev–Trinajstić information content (AvgIpc) is 2.08. The van der Waals surface area contributed by atoms with Crippen molar-refractivity contribution in [2.24, 2.45) is 11.7 Å². The summed E-state index contributed by atoms with van der Waals surface area (Å²) in [6, 6.07) is -0.428. The second-order valence-electron chi connectivity index (χ2n) is 3.91. The predicted octanol–water partition coefficient (Wildman–Crippen LogP) is -0.437. The average molecular weight is 186 g/mol. The van der Waals surface area contributed by atoms with Gasteiger partial charge in [-0.1, -0.05) is 6.92 Å². The second-order valence-corrected chi connectivity index (χ2v) is 3.91. The van der Waals surface area contributed by atoms with Crippen LogP contribution in [0.5, 0.6) is 0 Å². The van der Waals surface area contributed by atoms with Gasteiger partial charge in [0.1, 0.15) is 0 Å². The highest BCUT2D eigenvalue weighted by atomic mass is 16.3. The quantitative estimate of drug-likeness (QED) is 0.583. The zero-order valence-corrected chi connectivity index (χ0v) is 8.23. The molecule has 0 aliphatic carbocycles. The highest BCUT2D eigenvalue weighted by Gasteiger charge is 2.28. The number of nitrogens with zero attached hydrogens (tertiary/aromatic N) is 1. The molecule has 1 saturated heterocycles. The first-order valence-electron chi connectivity index (χ1n) is 4.74.